The van der Waals surface area contributed by atoms with Gasteiger partial charge in [0, 0.05) is 18.8 Å². The lowest BCUT2D eigenvalue weighted by Gasteiger charge is -2.38. The molecule has 2 rings (SSSR count). The molecule has 0 bridgehead atoms. The summed E-state index contributed by atoms with van der Waals surface area (Å²) in [6.45, 7) is 5.33. The van der Waals surface area contributed by atoms with Gasteiger partial charge in [-0.15, -0.1) is 0 Å². The number of benzene rings is 1. The first-order valence-electron chi connectivity index (χ1n) is 6.23. The number of nitrogens with zero attached hydrogens (tertiary/aromatic N) is 1. The molecule has 1 aliphatic heterocycles. The van der Waals surface area contributed by atoms with E-state index in [0.717, 1.165) is 30.6 Å². The van der Waals surface area contributed by atoms with Crippen LogP contribution in [0.25, 0.3) is 0 Å². The first-order chi connectivity index (χ1) is 7.98. The van der Waals surface area contributed by atoms with Crippen molar-refractivity contribution in [2.75, 3.05) is 18.0 Å². The number of aliphatic hydroxyl groups is 2. The van der Waals surface area contributed by atoms with E-state index in [1.54, 1.807) is 6.92 Å². The molecule has 17 heavy (non-hydrogen) atoms. The Morgan fingerprint density at radius 3 is 2.47 bits per heavy atom. The second-order valence-electron chi connectivity index (χ2n) is 5.29. The van der Waals surface area contributed by atoms with Crippen LogP contribution in [0.15, 0.2) is 24.3 Å². The Bertz CT molecular complexity index is 370. The van der Waals surface area contributed by atoms with E-state index in [2.05, 4.69) is 4.90 Å². The lowest BCUT2D eigenvalue weighted by Crippen LogP contribution is -2.46. The summed E-state index contributed by atoms with van der Waals surface area (Å²) in [5, 5.41) is 19.5. The molecule has 94 valence electrons. The molecule has 0 amide bonds. The van der Waals surface area contributed by atoms with E-state index in [4.69, 9.17) is 0 Å². The number of aliphatic hydroxyl groups excluding tert-OH is 1. The van der Waals surface area contributed by atoms with Crippen molar-refractivity contribution in [3.8, 4) is 0 Å². The largest absolute Gasteiger partial charge is 0.389 e. The highest BCUT2D eigenvalue weighted by Crippen LogP contribution is 2.26. The zero-order chi connectivity index (χ0) is 12.5. The third-order valence-corrected chi connectivity index (χ3v) is 3.42. The van der Waals surface area contributed by atoms with Crippen molar-refractivity contribution in [2.45, 2.75) is 38.4 Å². The van der Waals surface area contributed by atoms with Crippen LogP contribution in [0.4, 0.5) is 5.69 Å². The Morgan fingerprint density at radius 1 is 1.29 bits per heavy atom. The summed E-state index contributed by atoms with van der Waals surface area (Å²) in [6, 6.07) is 7.93. The van der Waals surface area contributed by atoms with E-state index >= 15 is 0 Å². The molecule has 1 fully saturated rings. The van der Waals surface area contributed by atoms with E-state index in [9.17, 15) is 10.2 Å². The Kier molecular flexibility index (Phi) is 3.40. The SMILES string of the molecule is CC(O)c1ccc(N2CCCC(C)(O)C2)cc1. The Hall–Kier alpha value is -1.06. The van der Waals surface area contributed by atoms with Crippen LogP contribution in [0.5, 0.6) is 0 Å². The highest BCUT2D eigenvalue weighted by Gasteiger charge is 2.28. The second kappa shape index (κ2) is 4.67. The molecule has 0 aromatic heterocycles. The molecular formula is C14H21NO2. The van der Waals surface area contributed by atoms with E-state index < -0.39 is 11.7 Å². The van der Waals surface area contributed by atoms with E-state index in [0.29, 0.717) is 6.54 Å². The van der Waals surface area contributed by atoms with Gasteiger partial charge in [-0.3, -0.25) is 0 Å². The molecule has 2 unspecified atom stereocenters. The topological polar surface area (TPSA) is 43.7 Å². The van der Waals surface area contributed by atoms with Crippen LogP contribution in [0, 0.1) is 0 Å². The highest BCUT2D eigenvalue weighted by molar-refractivity contribution is 5.48. The normalized spacial score (nSPS) is 26.9. The van der Waals surface area contributed by atoms with Crippen molar-refractivity contribution in [1.29, 1.82) is 0 Å². The van der Waals surface area contributed by atoms with Gasteiger partial charge in [-0.05, 0) is 44.4 Å². The molecule has 1 aromatic carbocycles. The quantitative estimate of drug-likeness (QED) is 0.825. The van der Waals surface area contributed by atoms with Crippen LogP contribution in [0.2, 0.25) is 0 Å². The molecule has 1 saturated heterocycles. The van der Waals surface area contributed by atoms with Crippen molar-refractivity contribution in [2.24, 2.45) is 0 Å². The minimum absolute atomic E-state index is 0.423. The zero-order valence-corrected chi connectivity index (χ0v) is 10.6. The van der Waals surface area contributed by atoms with E-state index in [1.165, 1.54) is 0 Å². The van der Waals surface area contributed by atoms with Gasteiger partial charge < -0.3 is 15.1 Å². The smallest absolute Gasteiger partial charge is 0.0794 e. The first-order valence-corrected chi connectivity index (χ1v) is 6.23. The van der Waals surface area contributed by atoms with Crippen LogP contribution in [0.1, 0.15) is 38.4 Å². The third-order valence-electron chi connectivity index (χ3n) is 3.42. The fraction of sp³-hybridized carbons (Fsp3) is 0.571. The second-order valence-corrected chi connectivity index (χ2v) is 5.29. The lowest BCUT2D eigenvalue weighted by atomic mass is 9.94. The minimum Gasteiger partial charge on any atom is -0.389 e. The monoisotopic (exact) mass is 235 g/mol. The summed E-state index contributed by atoms with van der Waals surface area (Å²) >= 11 is 0. The van der Waals surface area contributed by atoms with Crippen molar-refractivity contribution in [3.05, 3.63) is 29.8 Å². The predicted octanol–water partition coefficient (Wildman–Crippen LogP) is 2.09. The molecule has 3 nitrogen and oxygen atoms in total. The number of piperidine rings is 1. The van der Waals surface area contributed by atoms with E-state index in [-0.39, 0.29) is 0 Å². The van der Waals surface area contributed by atoms with Gasteiger partial charge in [0.15, 0.2) is 0 Å². The van der Waals surface area contributed by atoms with Gasteiger partial charge >= 0.3 is 0 Å². The van der Waals surface area contributed by atoms with Crippen LogP contribution < -0.4 is 4.90 Å². The first kappa shape index (κ1) is 12.4. The number of β-amino-alcohol motifs (C(OH)–C–C–N with tert-alkyl or cyclic N) is 1. The van der Waals surface area contributed by atoms with Gasteiger partial charge in [0.2, 0.25) is 0 Å². The molecule has 0 aliphatic carbocycles. The highest BCUT2D eigenvalue weighted by atomic mass is 16.3. The molecule has 1 aromatic rings. The molecule has 0 radical (unpaired) electrons. The van der Waals surface area contributed by atoms with Crippen LogP contribution in [-0.2, 0) is 0 Å². The molecular weight excluding hydrogens is 214 g/mol. The maximum atomic E-state index is 10.1. The number of hydrogen-bond acceptors (Lipinski definition) is 3. The van der Waals surface area contributed by atoms with Crippen molar-refractivity contribution >= 4 is 5.69 Å². The predicted molar refractivity (Wildman–Crippen MR) is 69.1 cm³/mol. The molecule has 0 spiro atoms. The summed E-state index contributed by atoms with van der Waals surface area (Å²) in [7, 11) is 0. The maximum Gasteiger partial charge on any atom is 0.0794 e. The Balaban J connectivity index is 2.12. The number of rotatable bonds is 2. The minimum atomic E-state index is -0.582. The Morgan fingerprint density at radius 2 is 1.94 bits per heavy atom. The van der Waals surface area contributed by atoms with Crippen molar-refractivity contribution in [3.63, 3.8) is 0 Å². The van der Waals surface area contributed by atoms with Crippen LogP contribution >= 0.6 is 0 Å². The van der Waals surface area contributed by atoms with Gasteiger partial charge in [-0.1, -0.05) is 12.1 Å². The van der Waals surface area contributed by atoms with Gasteiger partial charge in [0.25, 0.3) is 0 Å². The lowest BCUT2D eigenvalue weighted by molar-refractivity contribution is 0.0449. The molecule has 0 saturated carbocycles. The summed E-state index contributed by atoms with van der Waals surface area (Å²) in [5.74, 6) is 0. The van der Waals surface area contributed by atoms with Gasteiger partial charge in [0.05, 0.1) is 11.7 Å². The van der Waals surface area contributed by atoms with Gasteiger partial charge in [0.1, 0.15) is 0 Å². The number of anilines is 1. The summed E-state index contributed by atoms with van der Waals surface area (Å²) in [4.78, 5) is 2.20. The summed E-state index contributed by atoms with van der Waals surface area (Å²) in [6.07, 6.45) is 1.47. The van der Waals surface area contributed by atoms with Crippen LogP contribution in [0.3, 0.4) is 0 Å². The Labute approximate surface area is 103 Å². The molecule has 1 aliphatic rings. The maximum absolute atomic E-state index is 10.1. The third kappa shape index (κ3) is 2.99. The fourth-order valence-corrected chi connectivity index (χ4v) is 2.40. The van der Waals surface area contributed by atoms with Gasteiger partial charge in [-0.2, -0.15) is 0 Å². The molecule has 1 heterocycles. The number of hydrogen-bond donors (Lipinski definition) is 2. The van der Waals surface area contributed by atoms with Crippen molar-refractivity contribution < 1.29 is 10.2 Å². The summed E-state index contributed by atoms with van der Waals surface area (Å²) in [5.41, 5.74) is 1.47. The standard InChI is InChI=1S/C14H21NO2/c1-11(16)12-4-6-13(7-5-12)15-9-3-8-14(2,17)10-15/h4-7,11,16-17H,3,8-10H2,1-2H3. The molecule has 3 heteroatoms. The summed E-state index contributed by atoms with van der Waals surface area (Å²) < 4.78 is 0. The average molecular weight is 235 g/mol. The van der Waals surface area contributed by atoms with Crippen LogP contribution in [-0.4, -0.2) is 28.9 Å². The van der Waals surface area contributed by atoms with Gasteiger partial charge in [-0.25, -0.2) is 0 Å². The molecule has 2 atom stereocenters. The fourth-order valence-electron chi connectivity index (χ4n) is 2.40. The zero-order valence-electron chi connectivity index (χ0n) is 10.6. The molecule has 2 N–H and O–H groups in total. The van der Waals surface area contributed by atoms with Crippen molar-refractivity contribution in [1.82, 2.24) is 0 Å². The average Bonchev–Trinajstić information content (AvgIpc) is 2.28. The van der Waals surface area contributed by atoms with E-state index in [1.807, 2.05) is 31.2 Å².